The smallest absolute Gasteiger partial charge is 0.0488 e. The van der Waals surface area contributed by atoms with Gasteiger partial charge in [0.1, 0.15) is 0 Å². The van der Waals surface area contributed by atoms with Gasteiger partial charge in [-0.05, 0) is 53.0 Å². The first kappa shape index (κ1) is 13.1. The summed E-state index contributed by atoms with van der Waals surface area (Å²) in [6.45, 7) is 0. The van der Waals surface area contributed by atoms with Crippen LogP contribution in [0.15, 0.2) is 36.4 Å². The van der Waals surface area contributed by atoms with Crippen LogP contribution < -0.4 is 0 Å². The molecule has 3 aromatic rings. The average Bonchev–Trinajstić information content (AvgIpc) is 2.88. The molecule has 1 aromatic heterocycles. The van der Waals surface area contributed by atoms with E-state index in [1.54, 1.807) is 10.3 Å². The number of fused-ring (bicyclic) bond motifs is 3. The van der Waals surface area contributed by atoms with Crippen molar-refractivity contribution in [2.75, 3.05) is 0 Å². The number of hydrogen-bond donors (Lipinski definition) is 0. The summed E-state index contributed by atoms with van der Waals surface area (Å²) in [5.41, 5.74) is 1.61. The highest BCUT2D eigenvalue weighted by atomic mass is 127. The quantitative estimate of drug-likeness (QED) is 0.404. The fourth-order valence-electron chi connectivity index (χ4n) is 3.54. The maximum Gasteiger partial charge on any atom is 0.0488 e. The normalized spacial score (nSPS) is 17.1. The van der Waals surface area contributed by atoms with Crippen LogP contribution in [0.5, 0.6) is 0 Å². The largest absolute Gasteiger partial charge is 0.134 e. The zero-order valence-corrected chi connectivity index (χ0v) is 14.3. The van der Waals surface area contributed by atoms with Crippen LogP contribution in [0, 0.1) is 3.57 Å². The highest BCUT2D eigenvalue weighted by Gasteiger charge is 2.19. The SMILES string of the molecule is Ic1cccc2c1sc1c(C3CCCCC3)cccc12. The van der Waals surface area contributed by atoms with Crippen molar-refractivity contribution < 1.29 is 0 Å². The molecule has 1 fully saturated rings. The van der Waals surface area contributed by atoms with E-state index in [4.69, 9.17) is 0 Å². The van der Waals surface area contributed by atoms with E-state index >= 15 is 0 Å². The highest BCUT2D eigenvalue weighted by Crippen LogP contribution is 2.43. The molecule has 0 bridgehead atoms. The first-order chi connectivity index (χ1) is 9.84. The van der Waals surface area contributed by atoms with Crippen molar-refractivity contribution in [3.63, 3.8) is 0 Å². The predicted molar refractivity (Wildman–Crippen MR) is 97.9 cm³/mol. The molecular formula is C18H17IS. The van der Waals surface area contributed by atoms with Crippen molar-refractivity contribution in [3.8, 4) is 0 Å². The molecule has 0 nitrogen and oxygen atoms in total. The molecule has 1 aliphatic carbocycles. The van der Waals surface area contributed by atoms with Gasteiger partial charge in [-0.15, -0.1) is 11.3 Å². The number of halogens is 1. The van der Waals surface area contributed by atoms with Crippen LogP contribution in [0.25, 0.3) is 20.2 Å². The number of thiophene rings is 1. The minimum absolute atomic E-state index is 0.790. The van der Waals surface area contributed by atoms with E-state index in [0.29, 0.717) is 0 Å². The van der Waals surface area contributed by atoms with E-state index < -0.39 is 0 Å². The average molecular weight is 392 g/mol. The Labute approximate surface area is 137 Å². The van der Waals surface area contributed by atoms with Crippen LogP contribution in [0.2, 0.25) is 0 Å². The minimum Gasteiger partial charge on any atom is -0.134 e. The Bertz CT molecular complexity index is 766. The second kappa shape index (κ2) is 5.30. The zero-order chi connectivity index (χ0) is 13.5. The summed E-state index contributed by atoms with van der Waals surface area (Å²) in [5, 5.41) is 2.90. The maximum atomic E-state index is 2.47. The van der Waals surface area contributed by atoms with Gasteiger partial charge in [-0.3, -0.25) is 0 Å². The minimum atomic E-state index is 0.790. The van der Waals surface area contributed by atoms with Crippen LogP contribution in [0.4, 0.5) is 0 Å². The monoisotopic (exact) mass is 392 g/mol. The molecule has 0 aliphatic heterocycles. The second-order valence-electron chi connectivity index (χ2n) is 5.78. The van der Waals surface area contributed by atoms with Gasteiger partial charge in [0.15, 0.2) is 0 Å². The molecule has 0 radical (unpaired) electrons. The topological polar surface area (TPSA) is 0 Å². The lowest BCUT2D eigenvalue weighted by atomic mass is 9.84. The van der Waals surface area contributed by atoms with Crippen LogP contribution in [-0.2, 0) is 0 Å². The van der Waals surface area contributed by atoms with Gasteiger partial charge in [-0.1, -0.05) is 49.6 Å². The van der Waals surface area contributed by atoms with Crippen molar-refractivity contribution in [2.24, 2.45) is 0 Å². The molecule has 0 saturated heterocycles. The van der Waals surface area contributed by atoms with Gasteiger partial charge < -0.3 is 0 Å². The first-order valence-corrected chi connectivity index (χ1v) is 9.34. The van der Waals surface area contributed by atoms with Gasteiger partial charge in [-0.25, -0.2) is 0 Å². The fourth-order valence-corrected chi connectivity index (χ4v) is 5.67. The Kier molecular flexibility index (Phi) is 3.47. The maximum absolute atomic E-state index is 2.47. The van der Waals surface area contributed by atoms with Crippen LogP contribution in [0.1, 0.15) is 43.6 Å². The highest BCUT2D eigenvalue weighted by molar-refractivity contribution is 14.1. The number of benzene rings is 2. The molecular weight excluding hydrogens is 375 g/mol. The van der Waals surface area contributed by atoms with E-state index in [2.05, 4.69) is 59.0 Å². The van der Waals surface area contributed by atoms with E-state index in [1.807, 2.05) is 11.3 Å². The molecule has 0 spiro atoms. The van der Waals surface area contributed by atoms with Crippen LogP contribution >= 0.6 is 33.9 Å². The van der Waals surface area contributed by atoms with E-state index in [-0.39, 0.29) is 0 Å². The molecule has 1 saturated carbocycles. The lowest BCUT2D eigenvalue weighted by Crippen LogP contribution is -2.04. The van der Waals surface area contributed by atoms with Gasteiger partial charge in [0.25, 0.3) is 0 Å². The lowest BCUT2D eigenvalue weighted by molar-refractivity contribution is 0.446. The zero-order valence-electron chi connectivity index (χ0n) is 11.4. The summed E-state index contributed by atoms with van der Waals surface area (Å²) in [6, 6.07) is 13.6. The third kappa shape index (κ3) is 2.08. The Balaban J connectivity index is 1.98. The summed E-state index contributed by atoms with van der Waals surface area (Å²) >= 11 is 4.47. The van der Waals surface area contributed by atoms with Gasteiger partial charge in [0.2, 0.25) is 0 Å². The summed E-state index contributed by atoms with van der Waals surface area (Å²) < 4.78 is 4.39. The van der Waals surface area contributed by atoms with Crippen molar-refractivity contribution in [1.29, 1.82) is 0 Å². The Morgan fingerprint density at radius 3 is 2.35 bits per heavy atom. The van der Waals surface area contributed by atoms with Crippen molar-refractivity contribution in [2.45, 2.75) is 38.0 Å². The third-order valence-electron chi connectivity index (χ3n) is 4.55. The van der Waals surface area contributed by atoms with Crippen molar-refractivity contribution >= 4 is 54.1 Å². The van der Waals surface area contributed by atoms with Gasteiger partial charge in [0.05, 0.1) is 0 Å². The summed E-state index contributed by atoms with van der Waals surface area (Å²) in [6.07, 6.45) is 7.00. The summed E-state index contributed by atoms with van der Waals surface area (Å²) in [4.78, 5) is 0. The molecule has 0 atom stereocenters. The molecule has 1 aliphatic rings. The van der Waals surface area contributed by atoms with E-state index in [0.717, 1.165) is 5.92 Å². The number of rotatable bonds is 1. The van der Waals surface area contributed by atoms with Gasteiger partial charge in [0, 0.05) is 23.7 Å². The molecule has 102 valence electrons. The Hall–Kier alpha value is -0.610. The van der Waals surface area contributed by atoms with E-state index in [9.17, 15) is 0 Å². The van der Waals surface area contributed by atoms with Gasteiger partial charge in [-0.2, -0.15) is 0 Å². The summed E-state index contributed by atoms with van der Waals surface area (Å²) in [7, 11) is 0. The van der Waals surface area contributed by atoms with Crippen LogP contribution in [0.3, 0.4) is 0 Å². The Morgan fingerprint density at radius 1 is 0.850 bits per heavy atom. The Morgan fingerprint density at radius 2 is 1.55 bits per heavy atom. The predicted octanol–water partition coefficient (Wildman–Crippen LogP) is 6.71. The summed E-state index contributed by atoms with van der Waals surface area (Å²) in [5.74, 6) is 0.790. The third-order valence-corrected chi connectivity index (χ3v) is 7.12. The lowest BCUT2D eigenvalue weighted by Gasteiger charge is -2.22. The molecule has 4 rings (SSSR count). The molecule has 0 unspecified atom stereocenters. The molecule has 2 heteroatoms. The van der Waals surface area contributed by atoms with Crippen molar-refractivity contribution in [3.05, 3.63) is 45.5 Å². The van der Waals surface area contributed by atoms with E-state index in [1.165, 1.54) is 51.1 Å². The molecule has 0 N–H and O–H groups in total. The van der Waals surface area contributed by atoms with Crippen LogP contribution in [-0.4, -0.2) is 0 Å². The first-order valence-electron chi connectivity index (χ1n) is 7.44. The second-order valence-corrected chi connectivity index (χ2v) is 7.96. The molecule has 0 amide bonds. The molecule has 2 aromatic carbocycles. The fraction of sp³-hybridized carbons (Fsp3) is 0.333. The molecule has 20 heavy (non-hydrogen) atoms. The van der Waals surface area contributed by atoms with Gasteiger partial charge >= 0.3 is 0 Å². The molecule has 1 heterocycles. The standard InChI is InChI=1S/C18H17IS/c19-16-11-5-10-15-14-9-4-8-13(17(14)20-18(15)16)12-6-2-1-3-7-12/h4-5,8-12H,1-3,6-7H2. The number of hydrogen-bond acceptors (Lipinski definition) is 1. The van der Waals surface area contributed by atoms with Crippen molar-refractivity contribution in [1.82, 2.24) is 0 Å².